The number of aromatic nitrogens is 2. The van der Waals surface area contributed by atoms with Gasteiger partial charge in [0.25, 0.3) is 0 Å². The second-order valence-corrected chi connectivity index (χ2v) is 4.69. The highest BCUT2D eigenvalue weighted by atomic mass is 35.5. The van der Waals surface area contributed by atoms with Gasteiger partial charge in [0.1, 0.15) is 0 Å². The van der Waals surface area contributed by atoms with Crippen LogP contribution in [0.1, 0.15) is 10.5 Å². The number of esters is 1. The van der Waals surface area contributed by atoms with Crippen molar-refractivity contribution in [3.8, 4) is 11.3 Å². The van der Waals surface area contributed by atoms with E-state index in [1.54, 1.807) is 6.20 Å². The van der Waals surface area contributed by atoms with Crippen molar-refractivity contribution in [2.75, 3.05) is 7.11 Å². The highest BCUT2D eigenvalue weighted by molar-refractivity contribution is 6.30. The summed E-state index contributed by atoms with van der Waals surface area (Å²) in [7, 11) is 1.34. The molecule has 100 valence electrons. The molecular formula is C15H11ClN2O2. The number of methoxy groups -OCH3 is 1. The maximum Gasteiger partial charge on any atom is 0.358 e. The second-order valence-electron chi connectivity index (χ2n) is 4.25. The standard InChI is InChI=1S/C15H11ClN2O2/c1-20-15(19)14-12-3-2-8-18(12)13(9-17-14)10-4-6-11(16)7-5-10/h2-9H,1H3. The summed E-state index contributed by atoms with van der Waals surface area (Å²) >= 11 is 5.90. The molecule has 0 saturated carbocycles. The van der Waals surface area contributed by atoms with Crippen molar-refractivity contribution in [2.45, 2.75) is 0 Å². The lowest BCUT2D eigenvalue weighted by Gasteiger charge is -2.08. The van der Waals surface area contributed by atoms with Gasteiger partial charge >= 0.3 is 5.97 Å². The summed E-state index contributed by atoms with van der Waals surface area (Å²) in [6, 6.07) is 11.2. The molecular weight excluding hydrogens is 276 g/mol. The zero-order valence-electron chi connectivity index (χ0n) is 10.7. The minimum absolute atomic E-state index is 0.301. The van der Waals surface area contributed by atoms with Crippen molar-refractivity contribution in [3.05, 3.63) is 59.5 Å². The SMILES string of the molecule is COC(=O)c1ncc(-c2ccc(Cl)cc2)n2cccc12. The fraction of sp³-hybridized carbons (Fsp3) is 0.0667. The highest BCUT2D eigenvalue weighted by Crippen LogP contribution is 2.24. The van der Waals surface area contributed by atoms with Crippen LogP contribution in [0.4, 0.5) is 0 Å². The van der Waals surface area contributed by atoms with Gasteiger partial charge in [0.2, 0.25) is 0 Å². The van der Waals surface area contributed by atoms with E-state index < -0.39 is 5.97 Å². The lowest BCUT2D eigenvalue weighted by molar-refractivity contribution is 0.0596. The van der Waals surface area contributed by atoms with Crippen LogP contribution in [0.5, 0.6) is 0 Å². The number of benzene rings is 1. The van der Waals surface area contributed by atoms with Gasteiger partial charge in [-0.05, 0) is 24.3 Å². The van der Waals surface area contributed by atoms with Gasteiger partial charge in [-0.1, -0.05) is 23.7 Å². The van der Waals surface area contributed by atoms with Crippen molar-refractivity contribution < 1.29 is 9.53 Å². The molecule has 3 aromatic rings. The van der Waals surface area contributed by atoms with E-state index in [4.69, 9.17) is 16.3 Å². The van der Waals surface area contributed by atoms with Crippen LogP contribution in [0.3, 0.4) is 0 Å². The molecule has 4 nitrogen and oxygen atoms in total. The first-order valence-electron chi connectivity index (χ1n) is 6.01. The van der Waals surface area contributed by atoms with Crippen LogP contribution in [0.2, 0.25) is 5.02 Å². The molecule has 3 rings (SSSR count). The number of hydrogen-bond donors (Lipinski definition) is 0. The number of carbonyl (C=O) groups excluding carboxylic acids is 1. The molecule has 20 heavy (non-hydrogen) atoms. The monoisotopic (exact) mass is 286 g/mol. The first kappa shape index (κ1) is 12.7. The Morgan fingerprint density at radius 1 is 1.25 bits per heavy atom. The van der Waals surface area contributed by atoms with Gasteiger partial charge in [0.15, 0.2) is 5.69 Å². The smallest absolute Gasteiger partial charge is 0.358 e. The molecule has 0 fully saturated rings. The Morgan fingerprint density at radius 2 is 2.00 bits per heavy atom. The predicted molar refractivity (Wildman–Crippen MR) is 77.0 cm³/mol. The molecule has 0 saturated heterocycles. The Kier molecular flexibility index (Phi) is 3.16. The van der Waals surface area contributed by atoms with Crippen LogP contribution in [-0.2, 0) is 4.74 Å². The van der Waals surface area contributed by atoms with Crippen molar-refractivity contribution >= 4 is 23.1 Å². The number of ether oxygens (including phenoxy) is 1. The Labute approximate surface area is 120 Å². The number of carbonyl (C=O) groups is 1. The van der Waals surface area contributed by atoms with E-state index in [0.717, 1.165) is 11.3 Å². The van der Waals surface area contributed by atoms with E-state index in [-0.39, 0.29) is 0 Å². The lowest BCUT2D eigenvalue weighted by Crippen LogP contribution is -2.07. The maximum atomic E-state index is 11.7. The van der Waals surface area contributed by atoms with E-state index >= 15 is 0 Å². The molecule has 0 atom stereocenters. The summed E-state index contributed by atoms with van der Waals surface area (Å²) in [6.45, 7) is 0. The molecule has 0 radical (unpaired) electrons. The predicted octanol–water partition coefficient (Wildman–Crippen LogP) is 3.44. The van der Waals surface area contributed by atoms with E-state index in [0.29, 0.717) is 16.2 Å². The molecule has 5 heteroatoms. The summed E-state index contributed by atoms with van der Waals surface area (Å²) in [5, 5.41) is 0.677. The van der Waals surface area contributed by atoms with E-state index in [2.05, 4.69) is 4.98 Å². The molecule has 0 aliphatic heterocycles. The number of fused-ring (bicyclic) bond motifs is 1. The van der Waals surface area contributed by atoms with Crippen molar-refractivity contribution in [2.24, 2.45) is 0 Å². The van der Waals surface area contributed by atoms with Gasteiger partial charge in [-0.15, -0.1) is 0 Å². The van der Waals surface area contributed by atoms with Crippen molar-refractivity contribution in [1.29, 1.82) is 0 Å². The number of halogens is 1. The Morgan fingerprint density at radius 3 is 2.70 bits per heavy atom. The lowest BCUT2D eigenvalue weighted by atomic mass is 10.1. The Bertz CT molecular complexity index is 778. The molecule has 0 N–H and O–H groups in total. The molecule has 0 aliphatic carbocycles. The largest absolute Gasteiger partial charge is 0.464 e. The van der Waals surface area contributed by atoms with Crippen molar-refractivity contribution in [1.82, 2.24) is 9.38 Å². The Hall–Kier alpha value is -2.33. The topological polar surface area (TPSA) is 43.6 Å². The molecule has 2 aromatic heterocycles. The zero-order valence-corrected chi connectivity index (χ0v) is 11.5. The summed E-state index contributed by atoms with van der Waals surface area (Å²) in [6.07, 6.45) is 3.54. The van der Waals surface area contributed by atoms with Gasteiger partial charge in [-0.3, -0.25) is 0 Å². The van der Waals surface area contributed by atoms with Gasteiger partial charge in [-0.25, -0.2) is 9.78 Å². The average molecular weight is 287 g/mol. The van der Waals surface area contributed by atoms with Gasteiger partial charge < -0.3 is 9.14 Å². The normalized spacial score (nSPS) is 10.7. The summed E-state index contributed by atoms with van der Waals surface area (Å²) in [5.41, 5.74) is 2.87. The number of rotatable bonds is 2. The third-order valence-electron chi connectivity index (χ3n) is 3.09. The zero-order chi connectivity index (χ0) is 14.1. The molecule has 0 unspecified atom stereocenters. The van der Waals surface area contributed by atoms with Gasteiger partial charge in [-0.2, -0.15) is 0 Å². The molecule has 0 aliphatic rings. The number of hydrogen-bond acceptors (Lipinski definition) is 3. The molecule has 0 spiro atoms. The minimum atomic E-state index is -0.448. The first-order chi connectivity index (χ1) is 9.70. The van der Waals surface area contributed by atoms with Gasteiger partial charge in [0.05, 0.1) is 24.5 Å². The van der Waals surface area contributed by atoms with Crippen LogP contribution >= 0.6 is 11.6 Å². The maximum absolute atomic E-state index is 11.7. The van der Waals surface area contributed by atoms with Crippen LogP contribution in [0.15, 0.2) is 48.8 Å². The second kappa shape index (κ2) is 4.98. The summed E-state index contributed by atoms with van der Waals surface area (Å²) < 4.78 is 6.65. The fourth-order valence-corrected chi connectivity index (χ4v) is 2.25. The molecule has 1 aromatic carbocycles. The molecule has 0 bridgehead atoms. The quantitative estimate of drug-likeness (QED) is 0.678. The minimum Gasteiger partial charge on any atom is -0.464 e. The highest BCUT2D eigenvalue weighted by Gasteiger charge is 2.15. The van der Waals surface area contributed by atoms with E-state index in [9.17, 15) is 4.79 Å². The summed E-state index contributed by atoms with van der Waals surface area (Å²) in [5.74, 6) is -0.448. The first-order valence-corrected chi connectivity index (χ1v) is 6.39. The number of nitrogens with zero attached hydrogens (tertiary/aromatic N) is 2. The van der Waals surface area contributed by atoms with Crippen LogP contribution in [0.25, 0.3) is 16.8 Å². The fourth-order valence-electron chi connectivity index (χ4n) is 2.13. The van der Waals surface area contributed by atoms with Gasteiger partial charge in [0, 0.05) is 16.8 Å². The van der Waals surface area contributed by atoms with Crippen LogP contribution < -0.4 is 0 Å². The average Bonchev–Trinajstić information content (AvgIpc) is 2.96. The van der Waals surface area contributed by atoms with E-state index in [1.165, 1.54) is 7.11 Å². The Balaban J connectivity index is 2.21. The summed E-state index contributed by atoms with van der Waals surface area (Å²) in [4.78, 5) is 15.9. The van der Waals surface area contributed by atoms with Crippen LogP contribution in [-0.4, -0.2) is 22.5 Å². The third-order valence-corrected chi connectivity index (χ3v) is 3.34. The van der Waals surface area contributed by atoms with Crippen molar-refractivity contribution in [3.63, 3.8) is 0 Å². The van der Waals surface area contributed by atoms with Crippen LogP contribution in [0, 0.1) is 0 Å². The molecule has 0 amide bonds. The van der Waals surface area contributed by atoms with E-state index in [1.807, 2.05) is 47.0 Å². The molecule has 2 heterocycles. The third kappa shape index (κ3) is 2.04.